The van der Waals surface area contributed by atoms with Crippen molar-refractivity contribution in [2.45, 2.75) is 11.3 Å². The van der Waals surface area contributed by atoms with Gasteiger partial charge in [0.15, 0.2) is 0 Å². The molecule has 2 saturated heterocycles. The fourth-order valence-corrected chi connectivity index (χ4v) is 5.17. The monoisotopic (exact) mass is 361 g/mol. The summed E-state index contributed by atoms with van der Waals surface area (Å²) in [5.41, 5.74) is 0.359. The number of sulfonamides is 1. The van der Waals surface area contributed by atoms with Gasteiger partial charge in [0.25, 0.3) is 0 Å². The van der Waals surface area contributed by atoms with Gasteiger partial charge in [-0.2, -0.15) is 9.57 Å². The summed E-state index contributed by atoms with van der Waals surface area (Å²) in [6.45, 7) is 2.92. The largest absolute Gasteiger partial charge is 0.316 e. The number of nitriles is 1. The Balaban J connectivity index is 0.00000176. The van der Waals surface area contributed by atoms with Crippen LogP contribution in [0, 0.1) is 23.2 Å². The maximum atomic E-state index is 12.7. The fraction of sp³-hybridized carbons (Fsp3) is 0.500. The van der Waals surface area contributed by atoms with E-state index in [4.69, 9.17) is 16.9 Å². The van der Waals surface area contributed by atoms with E-state index in [2.05, 4.69) is 5.32 Å². The highest BCUT2D eigenvalue weighted by molar-refractivity contribution is 7.89. The third kappa shape index (κ3) is 3.10. The molecule has 2 atom stereocenters. The zero-order valence-electron chi connectivity index (χ0n) is 11.8. The van der Waals surface area contributed by atoms with Crippen molar-refractivity contribution in [3.63, 3.8) is 0 Å². The van der Waals surface area contributed by atoms with Crippen LogP contribution in [0.1, 0.15) is 12.0 Å². The summed E-state index contributed by atoms with van der Waals surface area (Å²) in [5.74, 6) is 0.957. The molecule has 2 aliphatic heterocycles. The lowest BCUT2D eigenvalue weighted by Crippen LogP contribution is -2.43. The molecule has 2 aliphatic rings. The van der Waals surface area contributed by atoms with E-state index < -0.39 is 10.0 Å². The summed E-state index contributed by atoms with van der Waals surface area (Å²) in [6, 6.07) is 6.27. The van der Waals surface area contributed by atoms with Gasteiger partial charge in [0.05, 0.1) is 16.7 Å². The number of benzene rings is 1. The molecule has 0 radical (unpaired) electrons. The van der Waals surface area contributed by atoms with Gasteiger partial charge in [-0.15, -0.1) is 12.4 Å². The highest BCUT2D eigenvalue weighted by Crippen LogP contribution is 2.32. The Morgan fingerprint density at radius 1 is 1.32 bits per heavy atom. The van der Waals surface area contributed by atoms with E-state index in [1.807, 2.05) is 6.07 Å². The fourth-order valence-electron chi connectivity index (χ4n) is 3.14. The van der Waals surface area contributed by atoms with E-state index in [0.717, 1.165) is 19.5 Å². The van der Waals surface area contributed by atoms with Crippen molar-refractivity contribution in [3.05, 3.63) is 28.8 Å². The highest BCUT2D eigenvalue weighted by atomic mass is 35.5. The molecule has 0 amide bonds. The lowest BCUT2D eigenvalue weighted by molar-refractivity contribution is 0.228. The van der Waals surface area contributed by atoms with Gasteiger partial charge in [0, 0.05) is 13.1 Å². The average molecular weight is 362 g/mol. The Kier molecular flexibility index (Phi) is 5.36. The van der Waals surface area contributed by atoms with Gasteiger partial charge in [-0.05, 0) is 49.5 Å². The van der Waals surface area contributed by atoms with Crippen LogP contribution in [0.2, 0.25) is 5.02 Å². The highest BCUT2D eigenvalue weighted by Gasteiger charge is 2.38. The molecule has 0 spiro atoms. The minimum absolute atomic E-state index is 0. The molecule has 8 heteroatoms. The Morgan fingerprint density at radius 3 is 2.73 bits per heavy atom. The Labute approximate surface area is 141 Å². The smallest absolute Gasteiger partial charge is 0.244 e. The lowest BCUT2D eigenvalue weighted by atomic mass is 9.90. The quantitative estimate of drug-likeness (QED) is 0.872. The number of piperidine rings is 1. The normalized spacial score (nSPS) is 25.1. The van der Waals surface area contributed by atoms with Crippen molar-refractivity contribution in [2.75, 3.05) is 26.2 Å². The summed E-state index contributed by atoms with van der Waals surface area (Å²) in [5, 5.41) is 12.3. The number of halogens is 2. The number of hydrogen-bond acceptors (Lipinski definition) is 4. The van der Waals surface area contributed by atoms with Crippen LogP contribution in [-0.2, 0) is 10.0 Å². The first-order valence-electron chi connectivity index (χ1n) is 6.93. The maximum Gasteiger partial charge on any atom is 0.244 e. The van der Waals surface area contributed by atoms with Crippen molar-refractivity contribution in [3.8, 4) is 6.07 Å². The molecule has 22 heavy (non-hydrogen) atoms. The van der Waals surface area contributed by atoms with Crippen LogP contribution in [0.15, 0.2) is 23.1 Å². The summed E-state index contributed by atoms with van der Waals surface area (Å²) in [4.78, 5) is 0.0903. The van der Waals surface area contributed by atoms with Crippen molar-refractivity contribution < 1.29 is 8.42 Å². The summed E-state index contributed by atoms with van der Waals surface area (Å²) in [6.07, 6.45) is 0.880. The van der Waals surface area contributed by atoms with Crippen LogP contribution >= 0.6 is 24.0 Å². The van der Waals surface area contributed by atoms with E-state index in [0.29, 0.717) is 30.5 Å². The minimum Gasteiger partial charge on any atom is -0.316 e. The van der Waals surface area contributed by atoms with Crippen molar-refractivity contribution >= 4 is 34.0 Å². The van der Waals surface area contributed by atoms with E-state index >= 15 is 0 Å². The number of rotatable bonds is 2. The van der Waals surface area contributed by atoms with E-state index in [-0.39, 0.29) is 22.3 Å². The molecule has 2 heterocycles. The Morgan fingerprint density at radius 2 is 2.05 bits per heavy atom. The molecule has 1 aromatic rings. The number of nitrogens with zero attached hydrogens (tertiary/aromatic N) is 2. The first-order chi connectivity index (χ1) is 10.0. The first-order valence-corrected chi connectivity index (χ1v) is 8.74. The molecule has 0 bridgehead atoms. The zero-order valence-corrected chi connectivity index (χ0v) is 14.2. The second kappa shape index (κ2) is 6.73. The average Bonchev–Trinajstić information content (AvgIpc) is 2.94. The molecule has 5 nitrogen and oxygen atoms in total. The van der Waals surface area contributed by atoms with Crippen LogP contribution in [0.5, 0.6) is 0 Å². The molecule has 1 N–H and O–H groups in total. The third-order valence-corrected chi connectivity index (χ3v) is 6.69. The van der Waals surface area contributed by atoms with E-state index in [1.165, 1.54) is 22.5 Å². The summed E-state index contributed by atoms with van der Waals surface area (Å²) in [7, 11) is -3.59. The second-order valence-electron chi connectivity index (χ2n) is 5.59. The molecule has 3 rings (SSSR count). The van der Waals surface area contributed by atoms with Gasteiger partial charge >= 0.3 is 0 Å². The molecule has 2 fully saturated rings. The van der Waals surface area contributed by atoms with Crippen molar-refractivity contribution in [2.24, 2.45) is 11.8 Å². The lowest BCUT2D eigenvalue weighted by Gasteiger charge is -2.33. The molecule has 2 unspecified atom stereocenters. The van der Waals surface area contributed by atoms with Crippen LogP contribution < -0.4 is 5.32 Å². The van der Waals surface area contributed by atoms with Gasteiger partial charge in [0.1, 0.15) is 4.90 Å². The predicted octanol–water partition coefficient (Wildman–Crippen LogP) is 1.86. The van der Waals surface area contributed by atoms with Gasteiger partial charge in [-0.25, -0.2) is 8.42 Å². The standard InChI is InChI=1S/C14H16ClN3O2S.ClH/c15-13-5-10(6-16)1-2-14(13)21(19,20)18-4-3-11-7-17-8-12(11)9-18;/h1-2,5,11-12,17H,3-4,7-9H2;1H. The molecule has 120 valence electrons. The van der Waals surface area contributed by atoms with Gasteiger partial charge in [-0.3, -0.25) is 0 Å². The van der Waals surface area contributed by atoms with E-state index in [9.17, 15) is 8.42 Å². The second-order valence-corrected chi connectivity index (χ2v) is 7.90. The third-order valence-electron chi connectivity index (χ3n) is 4.35. The number of hydrogen-bond donors (Lipinski definition) is 1. The molecule has 1 aromatic carbocycles. The topological polar surface area (TPSA) is 73.2 Å². The van der Waals surface area contributed by atoms with Crippen LogP contribution in [-0.4, -0.2) is 38.9 Å². The van der Waals surface area contributed by atoms with Crippen LogP contribution in [0.3, 0.4) is 0 Å². The summed E-state index contributed by atoms with van der Waals surface area (Å²) < 4.78 is 27.0. The van der Waals surface area contributed by atoms with Gasteiger partial charge in [0.2, 0.25) is 10.0 Å². The molecule has 0 aliphatic carbocycles. The first kappa shape index (κ1) is 17.5. The van der Waals surface area contributed by atoms with Crippen LogP contribution in [0.25, 0.3) is 0 Å². The molecular formula is C14H17Cl2N3O2S. The van der Waals surface area contributed by atoms with Crippen LogP contribution in [0.4, 0.5) is 0 Å². The Bertz CT molecular complexity index is 703. The maximum absolute atomic E-state index is 12.7. The molecular weight excluding hydrogens is 345 g/mol. The van der Waals surface area contributed by atoms with Gasteiger partial charge in [-0.1, -0.05) is 11.6 Å². The summed E-state index contributed by atoms with van der Waals surface area (Å²) >= 11 is 6.05. The molecule has 0 saturated carbocycles. The minimum atomic E-state index is -3.59. The van der Waals surface area contributed by atoms with Gasteiger partial charge < -0.3 is 5.32 Å². The molecule has 0 aromatic heterocycles. The van der Waals surface area contributed by atoms with Crippen molar-refractivity contribution in [1.29, 1.82) is 5.26 Å². The Hall–Kier alpha value is -0.840. The number of nitrogens with one attached hydrogen (secondary N) is 1. The van der Waals surface area contributed by atoms with E-state index in [1.54, 1.807) is 0 Å². The SMILES string of the molecule is Cl.N#Cc1ccc(S(=O)(=O)N2CCC3CNCC3C2)c(Cl)c1. The predicted molar refractivity (Wildman–Crippen MR) is 86.6 cm³/mol. The zero-order chi connectivity index (χ0) is 15.0. The van der Waals surface area contributed by atoms with Crippen molar-refractivity contribution in [1.82, 2.24) is 9.62 Å². The number of fused-ring (bicyclic) bond motifs is 1.